The van der Waals surface area contributed by atoms with Gasteiger partial charge < -0.3 is 15.2 Å². The largest absolute Gasteiger partial charge is 0.507 e. The zero-order valence-corrected chi connectivity index (χ0v) is 8.66. The smallest absolute Gasteiger partial charge is 0.123 e. The van der Waals surface area contributed by atoms with Crippen LogP contribution in [0.1, 0.15) is 12.0 Å². The molecule has 0 saturated carbocycles. The number of benzene rings is 1. The van der Waals surface area contributed by atoms with Crippen molar-refractivity contribution < 1.29 is 9.84 Å². The Balaban J connectivity index is 2.51. The fraction of sp³-hybridized carbons (Fsp3) is 0.364. The molecular weight excluding hydrogens is 192 g/mol. The first-order valence-corrected chi connectivity index (χ1v) is 4.71. The molecule has 0 aromatic heterocycles. The van der Waals surface area contributed by atoms with Crippen molar-refractivity contribution in [3.05, 3.63) is 23.8 Å². The third-order valence-electron chi connectivity index (χ3n) is 2.02. The van der Waals surface area contributed by atoms with Crippen molar-refractivity contribution in [3.8, 4) is 17.6 Å². The average Bonchev–Trinajstić information content (AvgIpc) is 2.26. The van der Waals surface area contributed by atoms with Crippen LogP contribution < -0.4 is 10.1 Å². The highest BCUT2D eigenvalue weighted by atomic mass is 16.5. The summed E-state index contributed by atoms with van der Waals surface area (Å²) in [4.78, 5) is 0. The molecule has 0 atom stereocenters. The minimum Gasteiger partial charge on any atom is -0.507 e. The molecule has 4 heteroatoms. The summed E-state index contributed by atoms with van der Waals surface area (Å²) >= 11 is 0. The van der Waals surface area contributed by atoms with Gasteiger partial charge in [-0.25, -0.2) is 0 Å². The number of hydrogen-bond donors (Lipinski definition) is 2. The van der Waals surface area contributed by atoms with Gasteiger partial charge in [-0.05, 0) is 6.07 Å². The number of phenols is 1. The molecule has 0 saturated heterocycles. The first-order chi connectivity index (χ1) is 7.27. The number of nitrogens with one attached hydrogen (secondary N) is 1. The fourth-order valence-corrected chi connectivity index (χ4v) is 1.19. The van der Waals surface area contributed by atoms with Crippen LogP contribution in [0.25, 0.3) is 0 Å². The number of rotatable bonds is 5. The summed E-state index contributed by atoms with van der Waals surface area (Å²) < 4.78 is 4.97. The Morgan fingerprint density at radius 1 is 1.53 bits per heavy atom. The van der Waals surface area contributed by atoms with Gasteiger partial charge >= 0.3 is 0 Å². The third kappa shape index (κ3) is 3.49. The van der Waals surface area contributed by atoms with Gasteiger partial charge in [0.25, 0.3) is 0 Å². The van der Waals surface area contributed by atoms with Crippen LogP contribution >= 0.6 is 0 Å². The van der Waals surface area contributed by atoms with Crippen LogP contribution in [0.2, 0.25) is 0 Å². The molecule has 0 bridgehead atoms. The van der Waals surface area contributed by atoms with Crippen LogP contribution in [0.3, 0.4) is 0 Å². The van der Waals surface area contributed by atoms with Gasteiger partial charge in [-0.15, -0.1) is 0 Å². The van der Waals surface area contributed by atoms with Gasteiger partial charge in [-0.3, -0.25) is 0 Å². The lowest BCUT2D eigenvalue weighted by Crippen LogP contribution is -2.14. The highest BCUT2D eigenvalue weighted by Crippen LogP contribution is 2.22. The standard InChI is InChI=1S/C11H14N2O2/c1-15-10-4-3-9(11(14)7-10)8-13-6-2-5-12/h3-4,7,13-14H,2,6,8H2,1H3. The molecule has 4 nitrogen and oxygen atoms in total. The number of ether oxygens (including phenoxy) is 1. The first-order valence-electron chi connectivity index (χ1n) is 4.71. The van der Waals surface area contributed by atoms with Crippen molar-refractivity contribution in [2.24, 2.45) is 0 Å². The van der Waals surface area contributed by atoms with Crippen molar-refractivity contribution >= 4 is 0 Å². The van der Waals surface area contributed by atoms with E-state index < -0.39 is 0 Å². The Hall–Kier alpha value is -1.73. The number of phenolic OH excluding ortho intramolecular Hbond substituents is 1. The van der Waals surface area contributed by atoms with Crippen LogP contribution in [0, 0.1) is 11.3 Å². The van der Waals surface area contributed by atoms with Crippen molar-refractivity contribution in [2.45, 2.75) is 13.0 Å². The molecule has 0 heterocycles. The quantitative estimate of drug-likeness (QED) is 0.715. The van der Waals surface area contributed by atoms with Gasteiger partial charge in [0.2, 0.25) is 0 Å². The molecule has 15 heavy (non-hydrogen) atoms. The van der Waals surface area contributed by atoms with Crippen LogP contribution in [0.4, 0.5) is 0 Å². The maximum Gasteiger partial charge on any atom is 0.123 e. The molecular formula is C11H14N2O2. The van der Waals surface area contributed by atoms with Gasteiger partial charge in [0, 0.05) is 31.1 Å². The highest BCUT2D eigenvalue weighted by Gasteiger charge is 2.01. The summed E-state index contributed by atoms with van der Waals surface area (Å²) in [5.74, 6) is 0.840. The maximum atomic E-state index is 9.59. The maximum absolute atomic E-state index is 9.59. The van der Waals surface area contributed by atoms with E-state index in [1.54, 1.807) is 25.3 Å². The minimum absolute atomic E-state index is 0.207. The first kappa shape index (κ1) is 11.3. The van der Waals surface area contributed by atoms with Crippen LogP contribution in [-0.2, 0) is 6.54 Å². The van der Waals surface area contributed by atoms with Crippen LogP contribution in [0.15, 0.2) is 18.2 Å². The second-order valence-electron chi connectivity index (χ2n) is 3.08. The van der Waals surface area contributed by atoms with Crippen molar-refractivity contribution in [2.75, 3.05) is 13.7 Å². The Kier molecular flexibility index (Phi) is 4.45. The average molecular weight is 206 g/mol. The van der Waals surface area contributed by atoms with E-state index in [0.29, 0.717) is 25.3 Å². The van der Waals surface area contributed by atoms with E-state index in [9.17, 15) is 5.11 Å². The van der Waals surface area contributed by atoms with Gasteiger partial charge in [0.1, 0.15) is 11.5 Å². The second kappa shape index (κ2) is 5.89. The summed E-state index contributed by atoms with van der Waals surface area (Å²) in [5.41, 5.74) is 0.800. The lowest BCUT2D eigenvalue weighted by atomic mass is 10.2. The summed E-state index contributed by atoms with van der Waals surface area (Å²) in [7, 11) is 1.56. The molecule has 1 aromatic rings. The Bertz CT molecular complexity index is 358. The Morgan fingerprint density at radius 3 is 2.93 bits per heavy atom. The Labute approximate surface area is 89.1 Å². The monoisotopic (exact) mass is 206 g/mol. The number of aromatic hydroxyl groups is 1. The zero-order valence-electron chi connectivity index (χ0n) is 8.66. The number of nitrogens with zero attached hydrogens (tertiary/aromatic N) is 1. The summed E-state index contributed by atoms with van der Waals surface area (Å²) in [5, 5.41) is 21.0. The summed E-state index contributed by atoms with van der Waals surface area (Å²) in [6, 6.07) is 7.20. The molecule has 0 amide bonds. The molecule has 0 aliphatic carbocycles. The lowest BCUT2D eigenvalue weighted by Gasteiger charge is -2.07. The third-order valence-corrected chi connectivity index (χ3v) is 2.02. The van der Waals surface area contributed by atoms with Crippen molar-refractivity contribution in [3.63, 3.8) is 0 Å². The van der Waals surface area contributed by atoms with E-state index in [-0.39, 0.29) is 5.75 Å². The molecule has 0 radical (unpaired) electrons. The molecule has 0 aliphatic rings. The molecule has 2 N–H and O–H groups in total. The van der Waals surface area contributed by atoms with Gasteiger partial charge in [0.05, 0.1) is 13.2 Å². The molecule has 0 unspecified atom stereocenters. The molecule has 80 valence electrons. The van der Waals surface area contributed by atoms with Gasteiger partial charge in [-0.1, -0.05) is 6.07 Å². The normalized spacial score (nSPS) is 9.60. The van der Waals surface area contributed by atoms with Crippen molar-refractivity contribution in [1.29, 1.82) is 5.26 Å². The fourth-order valence-electron chi connectivity index (χ4n) is 1.19. The molecule has 1 aromatic carbocycles. The Morgan fingerprint density at radius 2 is 2.33 bits per heavy atom. The molecule has 0 spiro atoms. The van der Waals surface area contributed by atoms with E-state index >= 15 is 0 Å². The highest BCUT2D eigenvalue weighted by molar-refractivity contribution is 5.39. The second-order valence-corrected chi connectivity index (χ2v) is 3.08. The summed E-state index contributed by atoms with van der Waals surface area (Å²) in [6.07, 6.45) is 0.469. The van der Waals surface area contributed by atoms with Crippen LogP contribution in [-0.4, -0.2) is 18.8 Å². The molecule has 0 fully saturated rings. The van der Waals surface area contributed by atoms with E-state index in [4.69, 9.17) is 10.00 Å². The molecule has 0 aliphatic heterocycles. The topological polar surface area (TPSA) is 65.3 Å². The van der Waals surface area contributed by atoms with Gasteiger partial charge in [0.15, 0.2) is 0 Å². The minimum atomic E-state index is 0.207. The number of hydrogen-bond acceptors (Lipinski definition) is 4. The SMILES string of the molecule is COc1ccc(CNCCC#N)c(O)c1. The zero-order chi connectivity index (χ0) is 11.1. The van der Waals surface area contributed by atoms with E-state index in [1.165, 1.54) is 0 Å². The molecule has 1 rings (SSSR count). The van der Waals surface area contributed by atoms with Gasteiger partial charge in [-0.2, -0.15) is 5.26 Å². The number of methoxy groups -OCH3 is 1. The summed E-state index contributed by atoms with van der Waals surface area (Å²) in [6.45, 7) is 1.18. The van der Waals surface area contributed by atoms with E-state index in [0.717, 1.165) is 5.56 Å². The van der Waals surface area contributed by atoms with Crippen LogP contribution in [0.5, 0.6) is 11.5 Å². The van der Waals surface area contributed by atoms with E-state index in [2.05, 4.69) is 5.32 Å². The predicted octanol–water partition coefficient (Wildman–Crippen LogP) is 1.40. The lowest BCUT2D eigenvalue weighted by molar-refractivity contribution is 0.406. The van der Waals surface area contributed by atoms with E-state index in [1.807, 2.05) is 6.07 Å². The number of nitriles is 1. The predicted molar refractivity (Wildman–Crippen MR) is 56.6 cm³/mol. The van der Waals surface area contributed by atoms with Crippen molar-refractivity contribution in [1.82, 2.24) is 5.32 Å².